The van der Waals surface area contributed by atoms with Gasteiger partial charge in [-0.1, -0.05) is 0 Å². The fourth-order valence-corrected chi connectivity index (χ4v) is 4.62. The molecule has 3 heterocycles. The maximum Gasteiger partial charge on any atom is 0.408 e. The first-order valence-corrected chi connectivity index (χ1v) is 11.6. The molecule has 0 spiro atoms. The number of carbonyl (C=O) groups is 2. The quantitative estimate of drug-likeness (QED) is 0.630. The number of urea groups is 1. The molecule has 3 amide bonds. The number of aromatic nitrogens is 2. The van der Waals surface area contributed by atoms with E-state index in [4.69, 9.17) is 14.7 Å². The van der Waals surface area contributed by atoms with Crippen molar-refractivity contribution in [2.75, 3.05) is 43.1 Å². The number of anilines is 2. The van der Waals surface area contributed by atoms with Gasteiger partial charge in [0.25, 0.3) is 0 Å². The Kier molecular flexibility index (Phi) is 6.60. The first-order valence-electron chi connectivity index (χ1n) is 11.6. The van der Waals surface area contributed by atoms with Gasteiger partial charge >= 0.3 is 12.1 Å². The summed E-state index contributed by atoms with van der Waals surface area (Å²) in [4.78, 5) is 37.3. The molecule has 1 fully saturated rings. The van der Waals surface area contributed by atoms with Gasteiger partial charge in [-0.15, -0.1) is 0 Å². The van der Waals surface area contributed by atoms with Crippen molar-refractivity contribution in [2.45, 2.75) is 45.7 Å². The third kappa shape index (κ3) is 4.50. The van der Waals surface area contributed by atoms with Crippen molar-refractivity contribution in [3.8, 4) is 11.4 Å². The normalized spacial score (nSPS) is 19.4. The second-order valence-electron chi connectivity index (χ2n) is 9.12. The summed E-state index contributed by atoms with van der Waals surface area (Å²) in [6, 6.07) is 7.21. The van der Waals surface area contributed by atoms with Crippen LogP contribution >= 0.6 is 0 Å². The predicted octanol–water partition coefficient (Wildman–Crippen LogP) is 3.28. The molecule has 1 aromatic heterocycles. The fourth-order valence-electron chi connectivity index (χ4n) is 4.62. The number of benzene rings is 1. The van der Waals surface area contributed by atoms with Gasteiger partial charge in [-0.25, -0.2) is 19.6 Å². The molecule has 0 saturated carbocycles. The highest BCUT2D eigenvalue weighted by Gasteiger charge is 2.42. The van der Waals surface area contributed by atoms with Crippen molar-refractivity contribution in [3.05, 3.63) is 35.5 Å². The zero-order valence-corrected chi connectivity index (χ0v) is 20.1. The van der Waals surface area contributed by atoms with Crippen LogP contribution in [0.2, 0.25) is 0 Å². The molecule has 34 heavy (non-hydrogen) atoms. The summed E-state index contributed by atoms with van der Waals surface area (Å²) in [5.41, 5.74) is 2.36. The maximum atomic E-state index is 12.0. The van der Waals surface area contributed by atoms with E-state index in [-0.39, 0.29) is 12.1 Å². The monoisotopic (exact) mass is 468 g/mol. The Bertz CT molecular complexity index is 1070. The molecule has 10 heteroatoms. The van der Waals surface area contributed by atoms with Crippen LogP contribution < -0.4 is 15.5 Å². The minimum Gasteiger partial charge on any atom is -0.465 e. The summed E-state index contributed by atoms with van der Waals surface area (Å²) in [6.45, 7) is 10.6. The van der Waals surface area contributed by atoms with E-state index in [1.807, 2.05) is 32.9 Å². The molecular weight excluding hydrogens is 436 g/mol. The first kappa shape index (κ1) is 23.7. The Morgan fingerprint density at radius 1 is 1.21 bits per heavy atom. The van der Waals surface area contributed by atoms with Gasteiger partial charge in [0.1, 0.15) is 5.82 Å². The van der Waals surface area contributed by atoms with Gasteiger partial charge < -0.3 is 25.4 Å². The summed E-state index contributed by atoms with van der Waals surface area (Å²) in [5, 5.41) is 15.3. The number of hydrogen-bond acceptors (Lipinski definition) is 6. The molecule has 2 aromatic rings. The summed E-state index contributed by atoms with van der Waals surface area (Å²) in [7, 11) is 0. The van der Waals surface area contributed by atoms with E-state index >= 15 is 0 Å². The van der Waals surface area contributed by atoms with Crippen LogP contribution in [0.5, 0.6) is 0 Å². The highest BCUT2D eigenvalue weighted by molar-refractivity contribution is 5.89. The number of amides is 3. The van der Waals surface area contributed by atoms with Crippen LogP contribution in [-0.2, 0) is 16.7 Å². The first-order chi connectivity index (χ1) is 16.2. The standard InChI is InChI=1S/C24H32N6O4/c1-5-25-22(31)26-17-8-6-16(7-9-17)20-27-19-18(10-11-30(23(32)33)24(19,3)4)21(28-20)29-12-13-34-14-15(29)2/h6-9,15H,5,10-14H2,1-4H3,(H,32,33)(H2,25,26,31). The van der Waals surface area contributed by atoms with E-state index in [1.54, 1.807) is 12.1 Å². The molecule has 0 bridgehead atoms. The number of nitrogens with zero attached hydrogens (tertiary/aromatic N) is 4. The Morgan fingerprint density at radius 2 is 1.94 bits per heavy atom. The van der Waals surface area contributed by atoms with Crippen molar-refractivity contribution in [1.82, 2.24) is 20.2 Å². The van der Waals surface area contributed by atoms with Gasteiger partial charge in [-0.05, 0) is 58.4 Å². The van der Waals surface area contributed by atoms with Gasteiger partial charge in [0, 0.05) is 36.4 Å². The van der Waals surface area contributed by atoms with E-state index in [0.29, 0.717) is 50.8 Å². The lowest BCUT2D eigenvalue weighted by molar-refractivity contribution is 0.0820. The van der Waals surface area contributed by atoms with Crippen LogP contribution in [0.15, 0.2) is 24.3 Å². The molecule has 1 unspecified atom stereocenters. The number of carbonyl (C=O) groups excluding carboxylic acids is 1. The van der Waals surface area contributed by atoms with Crippen LogP contribution in [-0.4, -0.2) is 71.0 Å². The zero-order chi connectivity index (χ0) is 24.5. The van der Waals surface area contributed by atoms with E-state index in [0.717, 1.165) is 22.6 Å². The third-order valence-corrected chi connectivity index (χ3v) is 6.43. The Labute approximate surface area is 199 Å². The molecular formula is C24H32N6O4. The molecule has 1 saturated heterocycles. The lowest BCUT2D eigenvalue weighted by Crippen LogP contribution is -2.51. The van der Waals surface area contributed by atoms with Crippen molar-refractivity contribution < 1.29 is 19.4 Å². The van der Waals surface area contributed by atoms with Gasteiger partial charge in [0.15, 0.2) is 5.82 Å². The largest absolute Gasteiger partial charge is 0.465 e. The number of ether oxygens (including phenoxy) is 1. The predicted molar refractivity (Wildman–Crippen MR) is 129 cm³/mol. The smallest absolute Gasteiger partial charge is 0.408 e. The molecule has 2 aliphatic heterocycles. The van der Waals surface area contributed by atoms with E-state index in [1.165, 1.54) is 4.90 Å². The summed E-state index contributed by atoms with van der Waals surface area (Å²) in [5.74, 6) is 1.37. The molecule has 1 aromatic carbocycles. The van der Waals surface area contributed by atoms with Crippen molar-refractivity contribution >= 4 is 23.6 Å². The minimum absolute atomic E-state index is 0.143. The maximum absolute atomic E-state index is 12.0. The average Bonchev–Trinajstić information content (AvgIpc) is 2.79. The second-order valence-corrected chi connectivity index (χ2v) is 9.12. The van der Waals surface area contributed by atoms with E-state index in [2.05, 4.69) is 22.5 Å². The Hall–Kier alpha value is -3.40. The van der Waals surface area contributed by atoms with Crippen molar-refractivity contribution in [3.63, 3.8) is 0 Å². The molecule has 0 aliphatic carbocycles. The Balaban J connectivity index is 1.78. The van der Waals surface area contributed by atoms with Crippen LogP contribution in [0.3, 0.4) is 0 Å². The van der Waals surface area contributed by atoms with Crippen LogP contribution in [0.4, 0.5) is 21.1 Å². The molecule has 4 rings (SSSR count). The van der Waals surface area contributed by atoms with Crippen molar-refractivity contribution in [2.24, 2.45) is 0 Å². The highest BCUT2D eigenvalue weighted by atomic mass is 16.5. The Morgan fingerprint density at radius 3 is 2.59 bits per heavy atom. The number of fused-ring (bicyclic) bond motifs is 1. The van der Waals surface area contributed by atoms with Crippen LogP contribution in [0.25, 0.3) is 11.4 Å². The van der Waals surface area contributed by atoms with Gasteiger partial charge in [0.05, 0.1) is 30.5 Å². The minimum atomic E-state index is -0.960. The average molecular weight is 469 g/mol. The number of carboxylic acid groups (broad SMARTS) is 1. The van der Waals surface area contributed by atoms with Crippen LogP contribution in [0, 0.1) is 0 Å². The number of morpholine rings is 1. The summed E-state index contributed by atoms with van der Waals surface area (Å²) in [6.07, 6.45) is -0.405. The van der Waals surface area contributed by atoms with Gasteiger partial charge in [-0.2, -0.15) is 0 Å². The number of nitrogens with one attached hydrogen (secondary N) is 2. The number of rotatable bonds is 4. The third-order valence-electron chi connectivity index (χ3n) is 6.43. The van der Waals surface area contributed by atoms with Crippen LogP contribution in [0.1, 0.15) is 39.0 Å². The number of hydrogen-bond donors (Lipinski definition) is 3. The molecule has 0 radical (unpaired) electrons. The van der Waals surface area contributed by atoms with Crippen molar-refractivity contribution in [1.29, 1.82) is 0 Å². The lowest BCUT2D eigenvalue weighted by atomic mass is 9.87. The second kappa shape index (κ2) is 9.46. The molecule has 3 N–H and O–H groups in total. The SMILES string of the molecule is CCNC(=O)Nc1ccc(-c2nc(N3CCOCC3C)c3c(n2)C(C)(C)N(C(=O)O)CC3)cc1. The summed E-state index contributed by atoms with van der Waals surface area (Å²) >= 11 is 0. The summed E-state index contributed by atoms with van der Waals surface area (Å²) < 4.78 is 5.63. The molecule has 182 valence electrons. The van der Waals surface area contributed by atoms with E-state index in [9.17, 15) is 14.7 Å². The van der Waals surface area contributed by atoms with Gasteiger partial charge in [-0.3, -0.25) is 4.90 Å². The topological polar surface area (TPSA) is 120 Å². The zero-order valence-electron chi connectivity index (χ0n) is 20.1. The molecule has 2 aliphatic rings. The fraction of sp³-hybridized carbons (Fsp3) is 0.500. The highest BCUT2D eigenvalue weighted by Crippen LogP contribution is 2.39. The lowest BCUT2D eigenvalue weighted by Gasteiger charge is -2.43. The van der Waals surface area contributed by atoms with E-state index < -0.39 is 11.6 Å². The molecule has 1 atom stereocenters. The molecule has 10 nitrogen and oxygen atoms in total. The van der Waals surface area contributed by atoms with Gasteiger partial charge in [0.2, 0.25) is 0 Å².